The van der Waals surface area contributed by atoms with Crippen LogP contribution in [0.4, 0.5) is 5.69 Å². The molecule has 0 aliphatic carbocycles. The highest BCUT2D eigenvalue weighted by Gasteiger charge is 2.12. The number of hydrogen-bond acceptors (Lipinski definition) is 3. The van der Waals surface area contributed by atoms with E-state index in [2.05, 4.69) is 10.3 Å². The number of para-hydroxylation sites is 2. The normalized spacial score (nSPS) is 10.1. The summed E-state index contributed by atoms with van der Waals surface area (Å²) in [6.45, 7) is 2.57. The molecule has 20 heavy (non-hydrogen) atoms. The van der Waals surface area contributed by atoms with E-state index in [1.54, 1.807) is 18.2 Å². The lowest BCUT2D eigenvalue weighted by Crippen LogP contribution is -2.21. The second-order valence-corrected chi connectivity index (χ2v) is 4.22. The first-order valence-electron chi connectivity index (χ1n) is 6.42. The van der Waals surface area contributed by atoms with Crippen LogP contribution in [0.1, 0.15) is 23.7 Å². The molecule has 104 valence electrons. The van der Waals surface area contributed by atoms with Crippen molar-refractivity contribution in [1.82, 2.24) is 4.98 Å². The molecule has 0 radical (unpaired) electrons. The van der Waals surface area contributed by atoms with Gasteiger partial charge in [-0.25, -0.2) is 0 Å². The fourth-order valence-electron chi connectivity index (χ4n) is 1.69. The number of anilines is 1. The molecule has 0 atom stereocenters. The smallest absolute Gasteiger partial charge is 0.261 e. The van der Waals surface area contributed by atoms with Gasteiger partial charge in [-0.2, -0.15) is 0 Å². The molecular formula is C15H16N2O3. The highest BCUT2D eigenvalue weighted by molar-refractivity contribution is 6.04. The molecule has 0 aliphatic heterocycles. The van der Waals surface area contributed by atoms with Crippen LogP contribution in [0.15, 0.2) is 47.5 Å². The topological polar surface area (TPSA) is 71.2 Å². The Morgan fingerprint density at radius 3 is 2.85 bits per heavy atom. The average molecular weight is 272 g/mol. The Labute approximate surface area is 116 Å². The Kier molecular flexibility index (Phi) is 4.55. The molecule has 0 fully saturated rings. The van der Waals surface area contributed by atoms with Gasteiger partial charge in [-0.05, 0) is 18.6 Å². The minimum absolute atomic E-state index is 0.0674. The monoisotopic (exact) mass is 272 g/mol. The van der Waals surface area contributed by atoms with Crippen molar-refractivity contribution in [2.24, 2.45) is 0 Å². The van der Waals surface area contributed by atoms with Crippen molar-refractivity contribution in [2.75, 3.05) is 11.9 Å². The van der Waals surface area contributed by atoms with E-state index in [0.717, 1.165) is 6.42 Å². The van der Waals surface area contributed by atoms with E-state index in [9.17, 15) is 9.59 Å². The third-order valence-corrected chi connectivity index (χ3v) is 2.67. The zero-order valence-corrected chi connectivity index (χ0v) is 11.2. The van der Waals surface area contributed by atoms with Crippen molar-refractivity contribution >= 4 is 11.6 Å². The zero-order valence-electron chi connectivity index (χ0n) is 11.2. The number of amides is 1. The predicted molar refractivity (Wildman–Crippen MR) is 77.2 cm³/mol. The van der Waals surface area contributed by atoms with Gasteiger partial charge in [0.15, 0.2) is 5.43 Å². The summed E-state index contributed by atoms with van der Waals surface area (Å²) in [6, 6.07) is 8.45. The van der Waals surface area contributed by atoms with Gasteiger partial charge in [0.25, 0.3) is 5.91 Å². The predicted octanol–water partition coefficient (Wildman–Crippen LogP) is 2.42. The number of aromatic amines is 1. The number of nitrogens with one attached hydrogen (secondary N) is 2. The molecule has 1 aromatic carbocycles. The number of benzene rings is 1. The van der Waals surface area contributed by atoms with Gasteiger partial charge in [-0.15, -0.1) is 0 Å². The van der Waals surface area contributed by atoms with Crippen molar-refractivity contribution in [3.05, 3.63) is 58.5 Å². The largest absolute Gasteiger partial charge is 0.491 e. The van der Waals surface area contributed by atoms with E-state index < -0.39 is 5.91 Å². The number of aromatic nitrogens is 1. The van der Waals surface area contributed by atoms with Crippen LogP contribution in [-0.2, 0) is 0 Å². The van der Waals surface area contributed by atoms with Crippen molar-refractivity contribution in [3.63, 3.8) is 0 Å². The fraction of sp³-hybridized carbons (Fsp3) is 0.200. The van der Waals surface area contributed by atoms with Crippen LogP contribution in [-0.4, -0.2) is 17.5 Å². The Morgan fingerprint density at radius 2 is 2.10 bits per heavy atom. The van der Waals surface area contributed by atoms with Crippen LogP contribution < -0.4 is 15.5 Å². The van der Waals surface area contributed by atoms with Gasteiger partial charge in [-0.3, -0.25) is 9.59 Å². The van der Waals surface area contributed by atoms with E-state index >= 15 is 0 Å². The minimum atomic E-state index is -0.459. The van der Waals surface area contributed by atoms with Crippen molar-refractivity contribution < 1.29 is 9.53 Å². The first-order valence-corrected chi connectivity index (χ1v) is 6.42. The Morgan fingerprint density at radius 1 is 1.30 bits per heavy atom. The summed E-state index contributed by atoms with van der Waals surface area (Å²) < 4.78 is 5.55. The third-order valence-electron chi connectivity index (χ3n) is 2.67. The molecule has 0 saturated carbocycles. The van der Waals surface area contributed by atoms with E-state index in [1.165, 1.54) is 18.5 Å². The molecule has 5 heteroatoms. The maximum atomic E-state index is 12.1. The third kappa shape index (κ3) is 3.26. The number of H-pyrrole nitrogens is 1. The summed E-state index contributed by atoms with van der Waals surface area (Å²) in [6.07, 6.45) is 3.74. The van der Waals surface area contributed by atoms with Crippen molar-refractivity contribution in [1.29, 1.82) is 0 Å². The van der Waals surface area contributed by atoms with E-state index in [0.29, 0.717) is 18.0 Å². The number of carbonyl (C=O) groups excluding carboxylic acids is 1. The second-order valence-electron chi connectivity index (χ2n) is 4.22. The molecule has 2 rings (SSSR count). The van der Waals surface area contributed by atoms with E-state index in [4.69, 9.17) is 4.74 Å². The van der Waals surface area contributed by atoms with Crippen LogP contribution >= 0.6 is 0 Å². The van der Waals surface area contributed by atoms with Gasteiger partial charge < -0.3 is 15.0 Å². The molecule has 1 heterocycles. The summed E-state index contributed by atoms with van der Waals surface area (Å²) in [5.41, 5.74) is 0.292. The van der Waals surface area contributed by atoms with E-state index in [1.807, 2.05) is 13.0 Å². The number of ether oxygens (including phenoxy) is 1. The van der Waals surface area contributed by atoms with Gasteiger partial charge >= 0.3 is 0 Å². The molecule has 5 nitrogen and oxygen atoms in total. The first kappa shape index (κ1) is 13.9. The summed E-state index contributed by atoms with van der Waals surface area (Å²) in [5.74, 6) is 0.134. The summed E-state index contributed by atoms with van der Waals surface area (Å²) in [7, 11) is 0. The standard InChI is InChI=1S/C15H16N2O3/c1-2-9-20-14-6-4-3-5-12(14)17-15(19)11-10-16-8-7-13(11)18/h3-8,10H,2,9H2,1H3,(H,16,18)(H,17,19). The lowest BCUT2D eigenvalue weighted by Gasteiger charge is -2.11. The van der Waals surface area contributed by atoms with Gasteiger partial charge in [0.2, 0.25) is 0 Å². The van der Waals surface area contributed by atoms with Crippen LogP contribution in [0.25, 0.3) is 0 Å². The van der Waals surface area contributed by atoms with E-state index in [-0.39, 0.29) is 11.0 Å². The molecule has 2 N–H and O–H groups in total. The Hall–Kier alpha value is -2.56. The molecule has 1 aromatic heterocycles. The Balaban J connectivity index is 2.20. The van der Waals surface area contributed by atoms with Gasteiger partial charge in [0, 0.05) is 18.5 Å². The molecule has 2 aromatic rings. The SMILES string of the molecule is CCCOc1ccccc1NC(=O)c1c[nH]ccc1=O. The summed E-state index contributed by atoms with van der Waals surface area (Å²) in [4.78, 5) is 26.4. The lowest BCUT2D eigenvalue weighted by molar-refractivity contribution is 0.102. The van der Waals surface area contributed by atoms with Gasteiger partial charge in [0.1, 0.15) is 11.3 Å². The Bertz CT molecular complexity index is 649. The fourth-order valence-corrected chi connectivity index (χ4v) is 1.69. The van der Waals surface area contributed by atoms with Crippen LogP contribution in [0, 0.1) is 0 Å². The highest BCUT2D eigenvalue weighted by Crippen LogP contribution is 2.24. The summed E-state index contributed by atoms with van der Waals surface area (Å²) >= 11 is 0. The molecule has 0 saturated heterocycles. The van der Waals surface area contributed by atoms with Crippen molar-refractivity contribution in [3.8, 4) is 5.75 Å². The quantitative estimate of drug-likeness (QED) is 0.878. The van der Waals surface area contributed by atoms with Gasteiger partial charge in [0.05, 0.1) is 12.3 Å². The minimum Gasteiger partial charge on any atom is -0.491 e. The van der Waals surface area contributed by atoms with Crippen LogP contribution in [0.3, 0.4) is 0 Å². The maximum absolute atomic E-state index is 12.1. The van der Waals surface area contributed by atoms with Gasteiger partial charge in [-0.1, -0.05) is 19.1 Å². The highest BCUT2D eigenvalue weighted by atomic mass is 16.5. The van der Waals surface area contributed by atoms with Crippen LogP contribution in [0.5, 0.6) is 5.75 Å². The molecule has 0 spiro atoms. The molecule has 0 aliphatic rings. The molecular weight excluding hydrogens is 256 g/mol. The summed E-state index contributed by atoms with van der Waals surface area (Å²) in [5, 5.41) is 2.69. The van der Waals surface area contributed by atoms with Crippen molar-refractivity contribution in [2.45, 2.75) is 13.3 Å². The zero-order chi connectivity index (χ0) is 14.4. The average Bonchev–Trinajstić information content (AvgIpc) is 2.46. The molecule has 1 amide bonds. The second kappa shape index (κ2) is 6.56. The number of rotatable bonds is 5. The maximum Gasteiger partial charge on any atom is 0.261 e. The number of carbonyl (C=O) groups is 1. The number of hydrogen-bond donors (Lipinski definition) is 2. The molecule has 0 bridgehead atoms. The number of pyridine rings is 1. The lowest BCUT2D eigenvalue weighted by atomic mass is 10.2. The molecule has 0 unspecified atom stereocenters. The first-order chi connectivity index (χ1) is 9.72. The van der Waals surface area contributed by atoms with Crippen LogP contribution in [0.2, 0.25) is 0 Å².